The number of thiophene rings is 1. The number of nitrogens with zero attached hydrogens (tertiary/aromatic N) is 1. The lowest BCUT2D eigenvalue weighted by molar-refractivity contribution is 0.0957. The summed E-state index contributed by atoms with van der Waals surface area (Å²) in [5, 5.41) is 26.7. The lowest BCUT2D eigenvalue weighted by Crippen LogP contribution is -2.16. The summed E-state index contributed by atoms with van der Waals surface area (Å²) in [6.07, 6.45) is 1.38. The van der Waals surface area contributed by atoms with Crippen LogP contribution >= 0.6 is 11.3 Å². The van der Waals surface area contributed by atoms with Crippen molar-refractivity contribution >= 4 is 44.3 Å². The number of rotatable bonds is 3. The fourth-order valence-corrected chi connectivity index (χ4v) is 3.76. The number of fused-ring (bicyclic) bond motifs is 2. The van der Waals surface area contributed by atoms with Gasteiger partial charge in [-0.15, -0.1) is 11.3 Å². The first-order valence-electron chi connectivity index (χ1n) is 7.90. The van der Waals surface area contributed by atoms with Crippen molar-refractivity contribution in [2.45, 2.75) is 0 Å². The molecular formula is C20H14N2O3S. The fourth-order valence-electron chi connectivity index (χ4n) is 2.77. The Hall–Kier alpha value is -3.38. The molecule has 128 valence electrons. The molecule has 0 saturated heterocycles. The topological polar surface area (TPSA) is 81.9 Å². The van der Waals surface area contributed by atoms with E-state index in [1.165, 1.54) is 17.6 Å². The smallest absolute Gasteiger partial charge is 0.285 e. The van der Waals surface area contributed by atoms with E-state index < -0.39 is 5.91 Å². The number of hydrogen-bond donors (Lipinski definition) is 3. The van der Waals surface area contributed by atoms with E-state index >= 15 is 0 Å². The SMILES string of the molecule is O=C(NN=Cc1ccc2ccccc2c1O)c1sc2ccccc2c1O. The van der Waals surface area contributed by atoms with Gasteiger partial charge < -0.3 is 10.2 Å². The van der Waals surface area contributed by atoms with E-state index in [-0.39, 0.29) is 16.4 Å². The Labute approximate surface area is 152 Å². The van der Waals surface area contributed by atoms with Gasteiger partial charge in [-0.25, -0.2) is 5.43 Å². The van der Waals surface area contributed by atoms with Crippen molar-refractivity contribution < 1.29 is 15.0 Å². The van der Waals surface area contributed by atoms with Gasteiger partial charge in [0.05, 0.1) is 6.21 Å². The van der Waals surface area contributed by atoms with E-state index in [9.17, 15) is 15.0 Å². The normalized spacial score (nSPS) is 11.4. The molecule has 26 heavy (non-hydrogen) atoms. The number of aromatic hydroxyl groups is 2. The molecule has 4 aromatic rings. The van der Waals surface area contributed by atoms with Gasteiger partial charge in [-0.2, -0.15) is 5.10 Å². The zero-order valence-corrected chi connectivity index (χ0v) is 14.3. The molecule has 0 saturated carbocycles. The van der Waals surface area contributed by atoms with Crippen molar-refractivity contribution in [3.05, 3.63) is 71.1 Å². The molecule has 0 fully saturated rings. The van der Waals surface area contributed by atoms with E-state index in [0.717, 1.165) is 10.1 Å². The number of benzene rings is 3. The van der Waals surface area contributed by atoms with Gasteiger partial charge in [0.25, 0.3) is 5.91 Å². The third-order valence-electron chi connectivity index (χ3n) is 4.08. The first-order chi connectivity index (χ1) is 12.6. The average molecular weight is 362 g/mol. The monoisotopic (exact) mass is 362 g/mol. The van der Waals surface area contributed by atoms with Crippen molar-refractivity contribution in [1.82, 2.24) is 5.43 Å². The number of carbonyl (C=O) groups is 1. The van der Waals surface area contributed by atoms with Gasteiger partial charge in [-0.05, 0) is 23.6 Å². The Balaban J connectivity index is 1.57. The van der Waals surface area contributed by atoms with E-state index in [1.54, 1.807) is 18.2 Å². The zero-order valence-electron chi connectivity index (χ0n) is 13.5. The molecule has 6 heteroatoms. The molecule has 0 aliphatic rings. The Morgan fingerprint density at radius 1 is 0.923 bits per heavy atom. The standard InChI is InChI=1S/C20H14N2O3S/c23-17-13(10-9-12-5-1-2-6-14(12)17)11-21-22-20(25)19-18(24)15-7-3-4-8-16(15)26-19/h1-11,23-24H,(H,22,25). The molecule has 5 nitrogen and oxygen atoms in total. The second-order valence-corrected chi connectivity index (χ2v) is 6.75. The molecular weight excluding hydrogens is 348 g/mol. The zero-order chi connectivity index (χ0) is 18.1. The van der Waals surface area contributed by atoms with E-state index in [1.807, 2.05) is 42.5 Å². The van der Waals surface area contributed by atoms with Crippen LogP contribution in [-0.4, -0.2) is 22.3 Å². The molecule has 3 aromatic carbocycles. The molecule has 1 aromatic heterocycles. The van der Waals surface area contributed by atoms with Gasteiger partial charge in [0.15, 0.2) is 0 Å². The van der Waals surface area contributed by atoms with Crippen LogP contribution in [0.3, 0.4) is 0 Å². The first kappa shape index (κ1) is 16.1. The highest BCUT2D eigenvalue weighted by molar-refractivity contribution is 7.21. The lowest BCUT2D eigenvalue weighted by atomic mass is 10.1. The molecule has 0 aliphatic heterocycles. The van der Waals surface area contributed by atoms with Crippen LogP contribution in [0, 0.1) is 0 Å². The number of phenolic OH excluding ortho intramolecular Hbond substituents is 1. The highest BCUT2D eigenvalue weighted by Crippen LogP contribution is 2.36. The van der Waals surface area contributed by atoms with Crippen LogP contribution in [0.1, 0.15) is 15.2 Å². The highest BCUT2D eigenvalue weighted by Gasteiger charge is 2.17. The molecule has 1 amide bonds. The van der Waals surface area contributed by atoms with Crippen molar-refractivity contribution in [3.8, 4) is 11.5 Å². The number of amides is 1. The maximum absolute atomic E-state index is 12.3. The predicted octanol–water partition coefficient (Wildman–Crippen LogP) is 4.23. The van der Waals surface area contributed by atoms with Crippen LogP contribution in [0.25, 0.3) is 20.9 Å². The molecule has 0 bridgehead atoms. The molecule has 0 radical (unpaired) electrons. The van der Waals surface area contributed by atoms with Crippen LogP contribution in [0.4, 0.5) is 0 Å². The average Bonchev–Trinajstić information content (AvgIpc) is 3.01. The minimum absolute atomic E-state index is 0.0492. The number of hydrazone groups is 1. The molecule has 0 unspecified atom stereocenters. The van der Waals surface area contributed by atoms with Crippen LogP contribution < -0.4 is 5.43 Å². The molecule has 1 heterocycles. The predicted molar refractivity (Wildman–Crippen MR) is 104 cm³/mol. The number of carbonyl (C=O) groups excluding carboxylic acids is 1. The summed E-state index contributed by atoms with van der Waals surface area (Å²) in [6.45, 7) is 0. The van der Waals surface area contributed by atoms with E-state index in [0.29, 0.717) is 16.3 Å². The number of phenols is 1. The summed E-state index contributed by atoms with van der Waals surface area (Å²) in [4.78, 5) is 12.5. The van der Waals surface area contributed by atoms with Crippen LogP contribution in [0.2, 0.25) is 0 Å². The van der Waals surface area contributed by atoms with Crippen molar-refractivity contribution in [2.75, 3.05) is 0 Å². The maximum Gasteiger partial charge on any atom is 0.285 e. The Bertz CT molecular complexity index is 1160. The van der Waals surface area contributed by atoms with E-state index in [2.05, 4.69) is 10.5 Å². The van der Waals surface area contributed by atoms with Gasteiger partial charge in [0.2, 0.25) is 0 Å². The lowest BCUT2D eigenvalue weighted by Gasteiger charge is -2.04. The maximum atomic E-state index is 12.3. The van der Waals surface area contributed by atoms with Crippen LogP contribution in [0.15, 0.2) is 65.8 Å². The summed E-state index contributed by atoms with van der Waals surface area (Å²) >= 11 is 1.20. The highest BCUT2D eigenvalue weighted by atomic mass is 32.1. The van der Waals surface area contributed by atoms with Crippen LogP contribution in [0.5, 0.6) is 11.5 Å². The summed E-state index contributed by atoms with van der Waals surface area (Å²) in [6, 6.07) is 18.3. The Kier molecular flexibility index (Phi) is 4.02. The van der Waals surface area contributed by atoms with Crippen molar-refractivity contribution in [3.63, 3.8) is 0 Å². The minimum atomic E-state index is -0.500. The Morgan fingerprint density at radius 2 is 1.65 bits per heavy atom. The first-order valence-corrected chi connectivity index (χ1v) is 8.71. The molecule has 0 aliphatic carbocycles. The number of nitrogens with one attached hydrogen (secondary N) is 1. The molecule has 3 N–H and O–H groups in total. The molecule has 4 rings (SSSR count). The second-order valence-electron chi connectivity index (χ2n) is 5.70. The van der Waals surface area contributed by atoms with Gasteiger partial charge >= 0.3 is 0 Å². The van der Waals surface area contributed by atoms with Crippen molar-refractivity contribution in [2.24, 2.45) is 5.10 Å². The molecule has 0 atom stereocenters. The summed E-state index contributed by atoms with van der Waals surface area (Å²) in [7, 11) is 0. The molecule has 0 spiro atoms. The van der Waals surface area contributed by atoms with Gasteiger partial charge in [-0.3, -0.25) is 4.79 Å². The summed E-state index contributed by atoms with van der Waals surface area (Å²) in [5.74, 6) is -0.446. The third-order valence-corrected chi connectivity index (χ3v) is 5.24. The third kappa shape index (κ3) is 2.76. The van der Waals surface area contributed by atoms with Gasteiger partial charge in [0, 0.05) is 21.0 Å². The van der Waals surface area contributed by atoms with Crippen LogP contribution in [-0.2, 0) is 0 Å². The summed E-state index contributed by atoms with van der Waals surface area (Å²) in [5.41, 5.74) is 2.88. The van der Waals surface area contributed by atoms with Gasteiger partial charge in [-0.1, -0.05) is 42.5 Å². The number of hydrogen-bond acceptors (Lipinski definition) is 5. The quantitative estimate of drug-likeness (QED) is 0.377. The Morgan fingerprint density at radius 3 is 2.46 bits per heavy atom. The fraction of sp³-hybridized carbons (Fsp3) is 0. The second kappa shape index (κ2) is 6.50. The van der Waals surface area contributed by atoms with E-state index in [4.69, 9.17) is 0 Å². The largest absolute Gasteiger partial charge is 0.507 e. The minimum Gasteiger partial charge on any atom is -0.507 e. The summed E-state index contributed by atoms with van der Waals surface area (Å²) < 4.78 is 0.825. The van der Waals surface area contributed by atoms with Gasteiger partial charge in [0.1, 0.15) is 16.4 Å². The van der Waals surface area contributed by atoms with Crippen molar-refractivity contribution in [1.29, 1.82) is 0 Å².